The smallest absolute Gasteiger partial charge is 0.344 e. The quantitative estimate of drug-likeness (QED) is 0.227. The number of nitrogens with zero attached hydrogens (tertiary/aromatic N) is 1. The van der Waals surface area contributed by atoms with Crippen molar-refractivity contribution in [2.45, 2.75) is 13.8 Å². The molecule has 0 saturated heterocycles. The lowest BCUT2D eigenvalue weighted by atomic mass is 10.1. The number of hydrogen-bond acceptors (Lipinski definition) is 5. The van der Waals surface area contributed by atoms with Crippen molar-refractivity contribution in [2.75, 3.05) is 6.61 Å². The highest BCUT2D eigenvalue weighted by Crippen LogP contribution is 2.20. The molecule has 0 heterocycles. The van der Waals surface area contributed by atoms with Gasteiger partial charge in [-0.3, -0.25) is 4.79 Å². The first-order valence-corrected chi connectivity index (χ1v) is 10.3. The number of halogens is 1. The first kappa shape index (κ1) is 22.2. The summed E-state index contributed by atoms with van der Waals surface area (Å²) < 4.78 is 11.5. The Balaban J connectivity index is 1.53. The third-order valence-electron chi connectivity index (χ3n) is 4.41. The number of carbonyl (C=O) groups is 2. The van der Waals surface area contributed by atoms with Crippen LogP contribution in [-0.4, -0.2) is 24.7 Å². The second kappa shape index (κ2) is 10.5. The molecule has 0 radical (unpaired) electrons. The first-order chi connectivity index (χ1) is 14.9. The van der Waals surface area contributed by atoms with Crippen molar-refractivity contribution in [2.24, 2.45) is 5.10 Å². The van der Waals surface area contributed by atoms with Gasteiger partial charge in [0, 0.05) is 4.47 Å². The average Bonchev–Trinajstić information content (AvgIpc) is 2.75. The number of hydrogen-bond donors (Lipinski definition) is 1. The summed E-state index contributed by atoms with van der Waals surface area (Å²) in [6.45, 7) is 3.84. The maximum Gasteiger partial charge on any atom is 0.344 e. The van der Waals surface area contributed by atoms with Gasteiger partial charge in [-0.2, -0.15) is 5.10 Å². The molecule has 0 aliphatic rings. The molecule has 7 heteroatoms. The zero-order valence-corrected chi connectivity index (χ0v) is 18.7. The Kier molecular flexibility index (Phi) is 7.56. The number of hydrazone groups is 1. The van der Waals surface area contributed by atoms with E-state index in [1.54, 1.807) is 42.5 Å². The molecule has 0 aromatic heterocycles. The van der Waals surface area contributed by atoms with E-state index in [0.717, 1.165) is 11.1 Å². The second-order valence-corrected chi connectivity index (χ2v) is 7.62. The van der Waals surface area contributed by atoms with Gasteiger partial charge in [-0.05, 0) is 82.9 Å². The van der Waals surface area contributed by atoms with Crippen LogP contribution in [0.1, 0.15) is 27.0 Å². The molecule has 0 saturated carbocycles. The van der Waals surface area contributed by atoms with Crippen LogP contribution in [-0.2, 0) is 4.79 Å². The number of aryl methyl sites for hydroxylation is 2. The van der Waals surface area contributed by atoms with Crippen molar-refractivity contribution in [3.63, 3.8) is 0 Å². The molecule has 0 atom stereocenters. The molecule has 31 heavy (non-hydrogen) atoms. The average molecular weight is 481 g/mol. The molecule has 0 fully saturated rings. The van der Waals surface area contributed by atoms with E-state index in [1.807, 2.05) is 38.1 Å². The van der Waals surface area contributed by atoms with E-state index in [1.165, 1.54) is 6.21 Å². The molecule has 158 valence electrons. The zero-order chi connectivity index (χ0) is 22.2. The number of amides is 1. The van der Waals surface area contributed by atoms with Gasteiger partial charge in [0.2, 0.25) is 0 Å². The van der Waals surface area contributed by atoms with Crippen LogP contribution in [0.2, 0.25) is 0 Å². The molecule has 0 aliphatic heterocycles. The molecule has 6 nitrogen and oxygen atoms in total. The number of carbonyl (C=O) groups excluding carboxylic acids is 2. The Hall–Kier alpha value is -3.45. The summed E-state index contributed by atoms with van der Waals surface area (Å²) in [6, 6.07) is 19.5. The molecular formula is C24H21BrN2O4. The van der Waals surface area contributed by atoms with E-state index in [9.17, 15) is 9.59 Å². The molecule has 1 amide bonds. The van der Waals surface area contributed by atoms with Crippen LogP contribution in [0.4, 0.5) is 0 Å². The van der Waals surface area contributed by atoms with Crippen molar-refractivity contribution in [3.8, 4) is 11.5 Å². The third kappa shape index (κ3) is 6.52. The minimum Gasteiger partial charge on any atom is -0.484 e. The molecule has 0 aliphatic carbocycles. The maximum absolute atomic E-state index is 12.3. The van der Waals surface area contributed by atoms with E-state index in [0.29, 0.717) is 27.1 Å². The Bertz CT molecular complexity index is 1130. The second-order valence-electron chi connectivity index (χ2n) is 6.77. The fourth-order valence-corrected chi connectivity index (χ4v) is 3.06. The molecule has 3 aromatic rings. The number of esters is 1. The van der Waals surface area contributed by atoms with Gasteiger partial charge in [0.15, 0.2) is 6.61 Å². The summed E-state index contributed by atoms with van der Waals surface area (Å²) in [4.78, 5) is 24.3. The minimum absolute atomic E-state index is 0.149. The van der Waals surface area contributed by atoms with E-state index < -0.39 is 5.97 Å². The van der Waals surface area contributed by atoms with Gasteiger partial charge in [0.1, 0.15) is 11.5 Å². The Morgan fingerprint density at radius 1 is 0.968 bits per heavy atom. The van der Waals surface area contributed by atoms with Gasteiger partial charge in [-0.15, -0.1) is 0 Å². The number of benzene rings is 3. The molecule has 1 N–H and O–H groups in total. The van der Waals surface area contributed by atoms with Crippen LogP contribution >= 0.6 is 15.9 Å². The van der Waals surface area contributed by atoms with Crippen molar-refractivity contribution >= 4 is 34.0 Å². The highest BCUT2D eigenvalue weighted by molar-refractivity contribution is 9.10. The number of rotatable bonds is 7. The maximum atomic E-state index is 12.3. The lowest BCUT2D eigenvalue weighted by Gasteiger charge is -2.07. The van der Waals surface area contributed by atoms with Gasteiger partial charge in [-0.1, -0.05) is 30.3 Å². The first-order valence-electron chi connectivity index (χ1n) is 9.51. The molecule has 0 unspecified atom stereocenters. The molecular weight excluding hydrogens is 460 g/mol. The fourth-order valence-electron chi connectivity index (χ4n) is 2.61. The van der Waals surface area contributed by atoms with Crippen LogP contribution in [0.5, 0.6) is 11.5 Å². The van der Waals surface area contributed by atoms with Gasteiger partial charge >= 0.3 is 5.97 Å². The van der Waals surface area contributed by atoms with Crippen LogP contribution in [0.3, 0.4) is 0 Å². The van der Waals surface area contributed by atoms with E-state index >= 15 is 0 Å². The molecule has 3 aromatic carbocycles. The zero-order valence-electron chi connectivity index (χ0n) is 17.1. The predicted molar refractivity (Wildman–Crippen MR) is 123 cm³/mol. The normalized spacial score (nSPS) is 10.7. The summed E-state index contributed by atoms with van der Waals surface area (Å²) in [6.07, 6.45) is 1.46. The largest absolute Gasteiger partial charge is 0.484 e. The van der Waals surface area contributed by atoms with Crippen LogP contribution in [0.15, 0.2) is 76.3 Å². The standard InChI is InChI=1S/C24H21BrN2O4/c1-16-10-11-19(12-17(16)2)30-15-23(28)27-26-14-18-6-5-7-20(13-18)31-24(29)21-8-3-4-9-22(21)25/h3-14H,15H2,1-2H3,(H,27,28)/b26-14+. The summed E-state index contributed by atoms with van der Waals surface area (Å²) >= 11 is 3.33. The highest BCUT2D eigenvalue weighted by atomic mass is 79.9. The summed E-state index contributed by atoms with van der Waals surface area (Å²) in [5.41, 5.74) is 5.75. The molecule has 0 bridgehead atoms. The van der Waals surface area contributed by atoms with E-state index in [-0.39, 0.29) is 12.5 Å². The van der Waals surface area contributed by atoms with Crippen molar-refractivity contribution in [1.82, 2.24) is 5.43 Å². The van der Waals surface area contributed by atoms with Crippen molar-refractivity contribution in [1.29, 1.82) is 0 Å². The molecule has 3 rings (SSSR count). The van der Waals surface area contributed by atoms with Crippen molar-refractivity contribution < 1.29 is 19.1 Å². The minimum atomic E-state index is -0.474. The number of nitrogens with one attached hydrogen (secondary N) is 1. The van der Waals surface area contributed by atoms with Gasteiger partial charge in [0.25, 0.3) is 5.91 Å². The lowest BCUT2D eigenvalue weighted by Crippen LogP contribution is -2.24. The topological polar surface area (TPSA) is 77.0 Å². The molecule has 0 spiro atoms. The van der Waals surface area contributed by atoms with Crippen LogP contribution in [0, 0.1) is 13.8 Å². The number of ether oxygens (including phenoxy) is 2. The third-order valence-corrected chi connectivity index (χ3v) is 5.11. The van der Waals surface area contributed by atoms with Gasteiger partial charge in [0.05, 0.1) is 11.8 Å². The van der Waals surface area contributed by atoms with E-state index in [2.05, 4.69) is 26.5 Å². The van der Waals surface area contributed by atoms with Crippen LogP contribution in [0.25, 0.3) is 0 Å². The van der Waals surface area contributed by atoms with Crippen molar-refractivity contribution in [3.05, 3.63) is 93.5 Å². The lowest BCUT2D eigenvalue weighted by molar-refractivity contribution is -0.123. The van der Waals surface area contributed by atoms with E-state index in [4.69, 9.17) is 9.47 Å². The monoisotopic (exact) mass is 480 g/mol. The summed E-state index contributed by atoms with van der Waals surface area (Å²) in [7, 11) is 0. The summed E-state index contributed by atoms with van der Waals surface area (Å²) in [5.74, 6) is 0.139. The fraction of sp³-hybridized carbons (Fsp3) is 0.125. The van der Waals surface area contributed by atoms with Gasteiger partial charge in [-0.25, -0.2) is 10.2 Å². The predicted octanol–water partition coefficient (Wildman–Crippen LogP) is 4.81. The van der Waals surface area contributed by atoms with Gasteiger partial charge < -0.3 is 9.47 Å². The SMILES string of the molecule is Cc1ccc(OCC(=O)N/N=C/c2cccc(OC(=O)c3ccccc3Br)c2)cc1C. The Morgan fingerprint density at radius 3 is 2.55 bits per heavy atom. The Labute approximate surface area is 189 Å². The highest BCUT2D eigenvalue weighted by Gasteiger charge is 2.12. The van der Waals surface area contributed by atoms with Crippen LogP contribution < -0.4 is 14.9 Å². The Morgan fingerprint density at radius 2 is 1.77 bits per heavy atom. The summed E-state index contributed by atoms with van der Waals surface area (Å²) in [5, 5.41) is 3.93.